The third-order valence-corrected chi connectivity index (χ3v) is 6.26. The van der Waals surface area contributed by atoms with Crippen molar-refractivity contribution in [2.45, 2.75) is 24.7 Å². The van der Waals surface area contributed by atoms with E-state index in [9.17, 15) is 13.2 Å². The fraction of sp³-hybridized carbons (Fsp3) is 0.316. The summed E-state index contributed by atoms with van der Waals surface area (Å²) >= 11 is 0. The highest BCUT2D eigenvalue weighted by molar-refractivity contribution is 7.89. The van der Waals surface area contributed by atoms with Gasteiger partial charge in [-0.25, -0.2) is 8.42 Å². The maximum Gasteiger partial charge on any atom is 0.243 e. The molecule has 3 rings (SSSR count). The number of hydrogen-bond donors (Lipinski definition) is 2. The summed E-state index contributed by atoms with van der Waals surface area (Å²) in [5, 5.41) is 5.81. The standard InChI is InChI=1S/C19H23N3O3S/c1-15-4-6-17(7-5-15)21-19(23)14-20-16-8-10-18(11-9-16)26(24,25)22-12-2-3-13-22/h4-11,20H,2-3,12-14H2,1H3,(H,21,23). The van der Waals surface area contributed by atoms with Crippen molar-refractivity contribution in [2.75, 3.05) is 30.3 Å². The molecule has 1 saturated heterocycles. The van der Waals surface area contributed by atoms with Gasteiger partial charge in [0, 0.05) is 24.5 Å². The Bertz CT molecular complexity index is 856. The minimum absolute atomic E-state index is 0.103. The van der Waals surface area contributed by atoms with E-state index in [1.165, 1.54) is 4.31 Å². The smallest absolute Gasteiger partial charge is 0.243 e. The Morgan fingerprint density at radius 2 is 1.54 bits per heavy atom. The fourth-order valence-electron chi connectivity index (χ4n) is 2.85. The van der Waals surface area contributed by atoms with Gasteiger partial charge in [0.2, 0.25) is 15.9 Å². The first-order chi connectivity index (χ1) is 12.4. The molecule has 1 amide bonds. The molecule has 1 aliphatic rings. The van der Waals surface area contributed by atoms with Gasteiger partial charge in [0.05, 0.1) is 11.4 Å². The number of rotatable bonds is 6. The van der Waals surface area contributed by atoms with Gasteiger partial charge >= 0.3 is 0 Å². The molecule has 0 aromatic heterocycles. The summed E-state index contributed by atoms with van der Waals surface area (Å²) in [5.41, 5.74) is 2.57. The van der Waals surface area contributed by atoms with Gasteiger partial charge < -0.3 is 10.6 Å². The van der Waals surface area contributed by atoms with Crippen molar-refractivity contribution in [1.82, 2.24) is 4.31 Å². The number of aryl methyl sites for hydroxylation is 1. The number of carbonyl (C=O) groups is 1. The van der Waals surface area contributed by atoms with Crippen molar-refractivity contribution >= 4 is 27.3 Å². The quantitative estimate of drug-likeness (QED) is 0.816. The van der Waals surface area contributed by atoms with Gasteiger partial charge in [-0.2, -0.15) is 4.31 Å². The molecule has 0 atom stereocenters. The topological polar surface area (TPSA) is 78.5 Å². The van der Waals surface area contributed by atoms with Crippen molar-refractivity contribution in [3.8, 4) is 0 Å². The van der Waals surface area contributed by atoms with E-state index in [1.807, 2.05) is 31.2 Å². The summed E-state index contributed by atoms with van der Waals surface area (Å²) in [6.45, 7) is 3.26. The molecule has 0 spiro atoms. The minimum Gasteiger partial charge on any atom is -0.376 e. The van der Waals surface area contributed by atoms with Crippen LogP contribution < -0.4 is 10.6 Å². The first kappa shape index (κ1) is 18.4. The van der Waals surface area contributed by atoms with E-state index in [0.717, 1.165) is 24.1 Å². The van der Waals surface area contributed by atoms with Crippen LogP contribution in [0.4, 0.5) is 11.4 Å². The van der Waals surface area contributed by atoms with Gasteiger partial charge in [0.1, 0.15) is 0 Å². The molecule has 0 bridgehead atoms. The van der Waals surface area contributed by atoms with Gasteiger partial charge in [-0.05, 0) is 56.2 Å². The Labute approximate surface area is 154 Å². The SMILES string of the molecule is Cc1ccc(NC(=O)CNc2ccc(S(=O)(=O)N3CCCC3)cc2)cc1. The Kier molecular flexibility index (Phi) is 5.58. The largest absolute Gasteiger partial charge is 0.376 e. The van der Waals surface area contributed by atoms with Crippen molar-refractivity contribution < 1.29 is 13.2 Å². The molecule has 0 radical (unpaired) electrons. The molecule has 1 fully saturated rings. The molecule has 2 N–H and O–H groups in total. The Morgan fingerprint density at radius 1 is 0.962 bits per heavy atom. The predicted molar refractivity (Wildman–Crippen MR) is 103 cm³/mol. The Balaban J connectivity index is 1.55. The highest BCUT2D eigenvalue weighted by Crippen LogP contribution is 2.22. The lowest BCUT2D eigenvalue weighted by atomic mass is 10.2. The van der Waals surface area contributed by atoms with E-state index in [0.29, 0.717) is 18.8 Å². The number of benzene rings is 2. The van der Waals surface area contributed by atoms with Crippen LogP contribution in [0.15, 0.2) is 53.4 Å². The second-order valence-corrected chi connectivity index (χ2v) is 8.34. The molecule has 2 aromatic rings. The molecule has 2 aromatic carbocycles. The van der Waals surface area contributed by atoms with E-state index in [4.69, 9.17) is 0 Å². The van der Waals surface area contributed by atoms with Crippen molar-refractivity contribution in [3.05, 3.63) is 54.1 Å². The summed E-state index contributed by atoms with van der Waals surface area (Å²) in [5.74, 6) is -0.164. The van der Waals surface area contributed by atoms with E-state index in [-0.39, 0.29) is 17.3 Å². The van der Waals surface area contributed by atoms with Crippen LogP contribution in [0.3, 0.4) is 0 Å². The second-order valence-electron chi connectivity index (χ2n) is 6.40. The number of nitrogens with one attached hydrogen (secondary N) is 2. The number of anilines is 2. The molecule has 0 aliphatic carbocycles. The summed E-state index contributed by atoms with van der Waals surface area (Å²) in [6, 6.07) is 14.1. The van der Waals surface area contributed by atoms with Gasteiger partial charge in [-0.3, -0.25) is 4.79 Å². The maximum atomic E-state index is 12.5. The van der Waals surface area contributed by atoms with Gasteiger partial charge in [-0.1, -0.05) is 17.7 Å². The molecule has 0 saturated carbocycles. The maximum absolute atomic E-state index is 12.5. The van der Waals surface area contributed by atoms with E-state index in [2.05, 4.69) is 10.6 Å². The summed E-state index contributed by atoms with van der Waals surface area (Å²) < 4.78 is 26.5. The van der Waals surface area contributed by atoms with Crippen molar-refractivity contribution in [2.24, 2.45) is 0 Å². The molecule has 26 heavy (non-hydrogen) atoms. The monoisotopic (exact) mass is 373 g/mol. The Hall–Kier alpha value is -2.38. The first-order valence-electron chi connectivity index (χ1n) is 8.66. The van der Waals surface area contributed by atoms with E-state index < -0.39 is 10.0 Å². The number of amides is 1. The van der Waals surface area contributed by atoms with Crippen LogP contribution >= 0.6 is 0 Å². The average Bonchev–Trinajstić information content (AvgIpc) is 3.18. The fourth-order valence-corrected chi connectivity index (χ4v) is 4.36. The lowest BCUT2D eigenvalue weighted by molar-refractivity contribution is -0.114. The third kappa shape index (κ3) is 4.42. The minimum atomic E-state index is -3.40. The van der Waals surface area contributed by atoms with Crippen LogP contribution in [0.5, 0.6) is 0 Å². The molecule has 7 heteroatoms. The van der Waals surface area contributed by atoms with Gasteiger partial charge in [0.15, 0.2) is 0 Å². The Morgan fingerprint density at radius 3 is 2.15 bits per heavy atom. The molecule has 138 valence electrons. The third-order valence-electron chi connectivity index (χ3n) is 4.35. The zero-order valence-electron chi connectivity index (χ0n) is 14.7. The summed E-state index contributed by atoms with van der Waals surface area (Å²) in [7, 11) is -3.40. The average molecular weight is 373 g/mol. The molecule has 1 aliphatic heterocycles. The zero-order chi connectivity index (χ0) is 18.6. The van der Waals surface area contributed by atoms with E-state index in [1.54, 1.807) is 24.3 Å². The van der Waals surface area contributed by atoms with Crippen LogP contribution in [0.2, 0.25) is 0 Å². The highest BCUT2D eigenvalue weighted by atomic mass is 32.2. The number of hydrogen-bond acceptors (Lipinski definition) is 4. The highest BCUT2D eigenvalue weighted by Gasteiger charge is 2.26. The number of nitrogens with zero attached hydrogens (tertiary/aromatic N) is 1. The van der Waals surface area contributed by atoms with Crippen LogP contribution in [0, 0.1) is 6.92 Å². The molecule has 1 heterocycles. The van der Waals surface area contributed by atoms with E-state index >= 15 is 0 Å². The van der Waals surface area contributed by atoms with Crippen molar-refractivity contribution in [1.29, 1.82) is 0 Å². The summed E-state index contributed by atoms with van der Waals surface area (Å²) in [6.07, 6.45) is 1.82. The molecular formula is C19H23N3O3S. The number of carbonyl (C=O) groups excluding carboxylic acids is 1. The lowest BCUT2D eigenvalue weighted by Gasteiger charge is -2.15. The van der Waals surface area contributed by atoms with Crippen LogP contribution in [0.1, 0.15) is 18.4 Å². The van der Waals surface area contributed by atoms with Crippen LogP contribution in [0.25, 0.3) is 0 Å². The van der Waals surface area contributed by atoms with Crippen LogP contribution in [-0.2, 0) is 14.8 Å². The normalized spacial score (nSPS) is 15.0. The first-order valence-corrected chi connectivity index (χ1v) is 10.1. The van der Waals surface area contributed by atoms with Gasteiger partial charge in [-0.15, -0.1) is 0 Å². The molecule has 6 nitrogen and oxygen atoms in total. The predicted octanol–water partition coefficient (Wildman–Crippen LogP) is 2.83. The van der Waals surface area contributed by atoms with Crippen LogP contribution in [-0.4, -0.2) is 38.3 Å². The van der Waals surface area contributed by atoms with Crippen molar-refractivity contribution in [3.63, 3.8) is 0 Å². The summed E-state index contributed by atoms with van der Waals surface area (Å²) in [4.78, 5) is 12.3. The number of sulfonamides is 1. The lowest BCUT2D eigenvalue weighted by Crippen LogP contribution is -2.27. The second kappa shape index (κ2) is 7.88. The molecular weight excluding hydrogens is 350 g/mol. The zero-order valence-corrected chi connectivity index (χ0v) is 15.6. The molecule has 0 unspecified atom stereocenters. The van der Waals surface area contributed by atoms with Gasteiger partial charge in [0.25, 0.3) is 0 Å².